The van der Waals surface area contributed by atoms with Gasteiger partial charge in [-0.1, -0.05) is 5.16 Å². The Morgan fingerprint density at radius 2 is 1.73 bits per heavy atom. The average molecular weight is 306 g/mol. The molecule has 0 aliphatic heterocycles. The molecule has 0 bridgehead atoms. The van der Waals surface area contributed by atoms with Gasteiger partial charge in [0.05, 0.1) is 0 Å². The normalized spacial score (nSPS) is 11.5. The lowest BCUT2D eigenvalue weighted by Crippen LogP contribution is -2.18. The van der Waals surface area contributed by atoms with Crippen molar-refractivity contribution < 1.29 is 17.7 Å². The fraction of sp³-hybridized carbons (Fsp3) is 0.188. The number of nitrogens with zero attached hydrogens (tertiary/aromatic N) is 2. The van der Waals surface area contributed by atoms with Gasteiger partial charge in [0.25, 0.3) is 0 Å². The molecule has 0 radical (unpaired) electrons. The smallest absolute Gasteiger partial charge is 0.170 e. The van der Waals surface area contributed by atoms with Crippen LogP contribution in [0.2, 0.25) is 0 Å². The largest absolute Gasteiger partial charge is 0.356 e. The van der Waals surface area contributed by atoms with Crippen LogP contribution in [0.15, 0.2) is 40.9 Å². The summed E-state index contributed by atoms with van der Waals surface area (Å²) in [6, 6.07) is 7.54. The quantitative estimate of drug-likeness (QED) is 0.732. The number of aromatic nitrogens is 1. The van der Waals surface area contributed by atoms with Crippen LogP contribution in [0.1, 0.15) is 11.3 Å². The highest BCUT2D eigenvalue weighted by Gasteiger charge is 2.13. The maximum Gasteiger partial charge on any atom is 0.170 e. The van der Waals surface area contributed by atoms with Gasteiger partial charge in [0.15, 0.2) is 5.58 Å². The third-order valence-corrected chi connectivity index (χ3v) is 3.38. The first-order valence-corrected chi connectivity index (χ1v) is 6.69. The van der Waals surface area contributed by atoms with Gasteiger partial charge in [-0.25, -0.2) is 13.2 Å². The van der Waals surface area contributed by atoms with Crippen LogP contribution in [-0.4, -0.2) is 17.1 Å². The number of rotatable bonds is 4. The van der Waals surface area contributed by atoms with Gasteiger partial charge in [-0.3, -0.25) is 4.90 Å². The first kappa shape index (κ1) is 14.6. The maximum absolute atomic E-state index is 13.6. The van der Waals surface area contributed by atoms with Crippen LogP contribution < -0.4 is 0 Å². The predicted molar refractivity (Wildman–Crippen MR) is 75.5 cm³/mol. The van der Waals surface area contributed by atoms with Crippen molar-refractivity contribution in [2.45, 2.75) is 13.1 Å². The van der Waals surface area contributed by atoms with Gasteiger partial charge in [0.1, 0.15) is 23.1 Å². The molecule has 0 spiro atoms. The molecular weight excluding hydrogens is 293 g/mol. The Kier molecular flexibility index (Phi) is 3.85. The number of halogens is 3. The van der Waals surface area contributed by atoms with E-state index in [0.717, 1.165) is 12.1 Å². The van der Waals surface area contributed by atoms with Crippen molar-refractivity contribution in [3.05, 3.63) is 65.1 Å². The second kappa shape index (κ2) is 5.81. The van der Waals surface area contributed by atoms with Crippen molar-refractivity contribution in [1.82, 2.24) is 10.1 Å². The van der Waals surface area contributed by atoms with Gasteiger partial charge < -0.3 is 4.52 Å². The fourth-order valence-electron chi connectivity index (χ4n) is 2.34. The van der Waals surface area contributed by atoms with Gasteiger partial charge >= 0.3 is 0 Å². The summed E-state index contributed by atoms with van der Waals surface area (Å²) in [4.78, 5) is 1.78. The molecule has 0 amide bonds. The zero-order valence-corrected chi connectivity index (χ0v) is 11.8. The molecule has 3 aromatic rings. The van der Waals surface area contributed by atoms with Crippen molar-refractivity contribution in [2.24, 2.45) is 0 Å². The summed E-state index contributed by atoms with van der Waals surface area (Å²) in [5.41, 5.74) is 1.25. The van der Waals surface area contributed by atoms with Crippen molar-refractivity contribution in [2.75, 3.05) is 7.05 Å². The molecule has 1 aromatic heterocycles. The first-order chi connectivity index (χ1) is 10.5. The first-order valence-electron chi connectivity index (χ1n) is 6.69. The zero-order valence-electron chi connectivity index (χ0n) is 11.8. The molecule has 0 saturated carbocycles. The summed E-state index contributed by atoms with van der Waals surface area (Å²) >= 11 is 0. The van der Waals surface area contributed by atoms with E-state index in [1.807, 2.05) is 0 Å². The third kappa shape index (κ3) is 2.96. The molecule has 2 aromatic carbocycles. The van der Waals surface area contributed by atoms with E-state index in [1.165, 1.54) is 18.2 Å². The average Bonchev–Trinajstić information content (AvgIpc) is 2.85. The fourth-order valence-corrected chi connectivity index (χ4v) is 2.34. The van der Waals surface area contributed by atoms with Gasteiger partial charge in [-0.15, -0.1) is 0 Å². The third-order valence-electron chi connectivity index (χ3n) is 3.38. The lowest BCUT2D eigenvalue weighted by atomic mass is 10.1. The van der Waals surface area contributed by atoms with Crippen molar-refractivity contribution in [3.63, 3.8) is 0 Å². The van der Waals surface area contributed by atoms with E-state index >= 15 is 0 Å². The molecule has 0 atom stereocenters. The highest BCUT2D eigenvalue weighted by atomic mass is 19.1. The second-order valence-electron chi connectivity index (χ2n) is 5.18. The molecule has 114 valence electrons. The van der Waals surface area contributed by atoms with E-state index in [9.17, 15) is 13.2 Å². The number of hydrogen-bond donors (Lipinski definition) is 0. The van der Waals surface area contributed by atoms with Gasteiger partial charge in [-0.2, -0.15) is 0 Å². The minimum Gasteiger partial charge on any atom is -0.356 e. The van der Waals surface area contributed by atoms with Gasteiger partial charge in [0, 0.05) is 30.1 Å². The molecule has 0 N–H and O–H groups in total. The Morgan fingerprint density at radius 3 is 2.55 bits per heavy atom. The van der Waals surface area contributed by atoms with Gasteiger partial charge in [0.2, 0.25) is 0 Å². The maximum atomic E-state index is 13.6. The number of hydrogen-bond acceptors (Lipinski definition) is 3. The van der Waals surface area contributed by atoms with Crippen LogP contribution in [0, 0.1) is 17.5 Å². The van der Waals surface area contributed by atoms with E-state index in [2.05, 4.69) is 5.16 Å². The Bertz CT molecular complexity index is 816. The van der Waals surface area contributed by atoms with Crippen molar-refractivity contribution in [3.8, 4) is 0 Å². The molecule has 0 aliphatic carbocycles. The molecule has 1 heterocycles. The lowest BCUT2D eigenvalue weighted by molar-refractivity contribution is 0.301. The highest BCUT2D eigenvalue weighted by Crippen LogP contribution is 2.21. The molecule has 3 nitrogen and oxygen atoms in total. The van der Waals surface area contributed by atoms with Crippen LogP contribution in [0.25, 0.3) is 11.0 Å². The zero-order chi connectivity index (χ0) is 15.7. The monoisotopic (exact) mass is 306 g/mol. The molecule has 6 heteroatoms. The van der Waals surface area contributed by atoms with Crippen LogP contribution in [-0.2, 0) is 13.1 Å². The Labute approximate surface area is 124 Å². The molecular formula is C16H13F3N2O. The highest BCUT2D eigenvalue weighted by molar-refractivity contribution is 5.79. The van der Waals surface area contributed by atoms with Crippen LogP contribution in [0.3, 0.4) is 0 Å². The SMILES string of the molecule is CN(Cc1cc(F)ccc1F)Cc1noc2cc(F)ccc12. The molecule has 0 aliphatic rings. The summed E-state index contributed by atoms with van der Waals surface area (Å²) in [6.45, 7) is 0.591. The van der Waals surface area contributed by atoms with E-state index < -0.39 is 17.5 Å². The van der Waals surface area contributed by atoms with E-state index in [0.29, 0.717) is 23.2 Å². The summed E-state index contributed by atoms with van der Waals surface area (Å²) in [5.74, 6) is -1.34. The van der Waals surface area contributed by atoms with E-state index in [1.54, 1.807) is 18.0 Å². The molecule has 0 saturated heterocycles. The summed E-state index contributed by atoms with van der Waals surface area (Å²) in [7, 11) is 1.76. The van der Waals surface area contributed by atoms with Crippen LogP contribution in [0.5, 0.6) is 0 Å². The minimum absolute atomic E-state index is 0.221. The number of fused-ring (bicyclic) bond motifs is 1. The Hall–Kier alpha value is -2.34. The summed E-state index contributed by atoms with van der Waals surface area (Å²) < 4.78 is 45.0. The molecule has 22 heavy (non-hydrogen) atoms. The van der Waals surface area contributed by atoms with E-state index in [-0.39, 0.29) is 12.1 Å². The molecule has 3 rings (SSSR count). The van der Waals surface area contributed by atoms with Crippen molar-refractivity contribution in [1.29, 1.82) is 0 Å². The summed E-state index contributed by atoms with van der Waals surface area (Å²) in [5, 5.41) is 4.61. The summed E-state index contributed by atoms with van der Waals surface area (Å²) in [6.07, 6.45) is 0. The van der Waals surface area contributed by atoms with Crippen LogP contribution in [0.4, 0.5) is 13.2 Å². The Balaban J connectivity index is 1.78. The second-order valence-corrected chi connectivity index (χ2v) is 5.18. The van der Waals surface area contributed by atoms with Gasteiger partial charge in [-0.05, 0) is 37.4 Å². The molecule has 0 unspecified atom stereocenters. The van der Waals surface area contributed by atoms with E-state index in [4.69, 9.17) is 4.52 Å². The van der Waals surface area contributed by atoms with Crippen LogP contribution >= 0.6 is 0 Å². The number of benzene rings is 2. The van der Waals surface area contributed by atoms with Crippen molar-refractivity contribution >= 4 is 11.0 Å². The Morgan fingerprint density at radius 1 is 1.00 bits per heavy atom. The predicted octanol–water partition coefficient (Wildman–Crippen LogP) is 3.88. The lowest BCUT2D eigenvalue weighted by Gasteiger charge is -2.15. The topological polar surface area (TPSA) is 29.3 Å². The standard InChI is InChI=1S/C16H13F3N2O/c1-21(8-10-6-11(17)3-5-14(10)19)9-15-13-4-2-12(18)7-16(13)22-20-15/h2-7H,8-9H2,1H3. The molecule has 0 fully saturated rings. The minimum atomic E-state index is -0.479.